The van der Waals surface area contributed by atoms with Gasteiger partial charge in [-0.05, 0) is 12.8 Å². The Morgan fingerprint density at radius 1 is 0.547 bits per heavy atom. The SMILES string of the molecule is CCCCCCCCCCCCCCCCCC(=O)OC[C@H](COP(=O)(O)O[C@H](CO)[C@@H](O)[C@H](O)[C@H](O)CO)OC(=O)CCCCCCCCCCC. The Kier molecular flexibility index (Phi) is 34.5. The molecule has 6 atom stereocenters. The third-order valence-corrected chi connectivity index (χ3v) is 10.4. The van der Waals surface area contributed by atoms with E-state index in [4.69, 9.17) is 23.6 Å². The van der Waals surface area contributed by atoms with Crippen molar-refractivity contribution in [2.45, 2.75) is 211 Å². The second kappa shape index (κ2) is 35.3. The molecule has 0 aliphatic heterocycles. The molecule has 0 amide bonds. The number of phosphoric ester groups is 1. The van der Waals surface area contributed by atoms with Gasteiger partial charge in [-0.25, -0.2) is 4.57 Å². The molecule has 0 saturated heterocycles. The largest absolute Gasteiger partial charge is 0.472 e. The van der Waals surface area contributed by atoms with Gasteiger partial charge in [-0.1, -0.05) is 155 Å². The Labute approximate surface area is 320 Å². The van der Waals surface area contributed by atoms with Gasteiger partial charge in [-0.15, -0.1) is 0 Å². The number of rotatable bonds is 39. The van der Waals surface area contributed by atoms with Gasteiger partial charge < -0.3 is 39.9 Å². The van der Waals surface area contributed by atoms with Crippen LogP contribution >= 0.6 is 7.82 Å². The third-order valence-electron chi connectivity index (χ3n) is 9.38. The summed E-state index contributed by atoms with van der Waals surface area (Å²) in [4.78, 5) is 35.3. The molecule has 0 aliphatic rings. The molecule has 1 unspecified atom stereocenters. The van der Waals surface area contributed by atoms with E-state index in [1.165, 1.54) is 96.3 Å². The summed E-state index contributed by atoms with van der Waals surface area (Å²) in [5.74, 6) is -1.08. The Bertz CT molecular complexity index is 909. The Hall–Kier alpha value is -1.15. The van der Waals surface area contributed by atoms with Crippen molar-refractivity contribution in [2.75, 3.05) is 26.4 Å². The molecule has 0 aromatic carbocycles. The topological polar surface area (TPSA) is 210 Å². The molecule has 316 valence electrons. The van der Waals surface area contributed by atoms with Gasteiger partial charge in [-0.3, -0.25) is 18.6 Å². The number of hydrogen-bond acceptors (Lipinski definition) is 12. The lowest BCUT2D eigenvalue weighted by molar-refractivity contribution is -0.161. The van der Waals surface area contributed by atoms with Crippen molar-refractivity contribution in [3.63, 3.8) is 0 Å². The molecule has 0 aromatic rings. The first kappa shape index (κ1) is 51.9. The van der Waals surface area contributed by atoms with Crippen LogP contribution in [0.2, 0.25) is 0 Å². The van der Waals surface area contributed by atoms with Crippen molar-refractivity contribution in [1.82, 2.24) is 0 Å². The second-order valence-electron chi connectivity index (χ2n) is 14.4. The first-order valence-corrected chi connectivity index (χ1v) is 22.3. The van der Waals surface area contributed by atoms with Gasteiger partial charge in [0.15, 0.2) is 6.10 Å². The lowest BCUT2D eigenvalue weighted by atomic mass is 10.0. The molecule has 0 rings (SSSR count). The van der Waals surface area contributed by atoms with Crippen LogP contribution in [0.15, 0.2) is 0 Å². The average Bonchev–Trinajstić information content (AvgIpc) is 3.14. The number of hydrogen-bond donors (Lipinski definition) is 6. The van der Waals surface area contributed by atoms with E-state index in [-0.39, 0.29) is 12.8 Å². The van der Waals surface area contributed by atoms with Gasteiger partial charge in [-0.2, -0.15) is 0 Å². The maximum Gasteiger partial charge on any atom is 0.472 e. The van der Waals surface area contributed by atoms with Gasteiger partial charge in [0.05, 0.1) is 19.8 Å². The molecule has 0 heterocycles. The van der Waals surface area contributed by atoms with Crippen LogP contribution in [0, 0.1) is 0 Å². The molecule has 53 heavy (non-hydrogen) atoms. The number of aliphatic hydroxyl groups is 5. The number of carbonyl (C=O) groups excluding carboxylic acids is 2. The molecule has 0 saturated carbocycles. The van der Waals surface area contributed by atoms with Crippen LogP contribution in [-0.2, 0) is 32.7 Å². The zero-order valence-electron chi connectivity index (χ0n) is 33.1. The highest BCUT2D eigenvalue weighted by Gasteiger charge is 2.37. The summed E-state index contributed by atoms with van der Waals surface area (Å²) in [5.41, 5.74) is 0. The summed E-state index contributed by atoms with van der Waals surface area (Å²) in [6, 6.07) is 0. The van der Waals surface area contributed by atoms with Crippen molar-refractivity contribution >= 4 is 19.8 Å². The predicted octanol–water partition coefficient (Wildman–Crippen LogP) is 7.19. The van der Waals surface area contributed by atoms with Crippen molar-refractivity contribution < 1.29 is 63.1 Å². The fourth-order valence-electron chi connectivity index (χ4n) is 5.98. The Morgan fingerprint density at radius 2 is 0.943 bits per heavy atom. The van der Waals surface area contributed by atoms with E-state index in [1.807, 2.05) is 0 Å². The summed E-state index contributed by atoms with van der Waals surface area (Å²) >= 11 is 0. The van der Waals surface area contributed by atoms with Crippen LogP contribution in [0.25, 0.3) is 0 Å². The van der Waals surface area contributed by atoms with Crippen LogP contribution < -0.4 is 0 Å². The second-order valence-corrected chi connectivity index (χ2v) is 15.8. The van der Waals surface area contributed by atoms with Crippen molar-refractivity contribution in [1.29, 1.82) is 0 Å². The van der Waals surface area contributed by atoms with E-state index in [9.17, 15) is 39.5 Å². The first-order valence-electron chi connectivity index (χ1n) is 20.8. The molecular weight excluding hydrogens is 707 g/mol. The number of phosphoric acid groups is 1. The minimum absolute atomic E-state index is 0.108. The smallest absolute Gasteiger partial charge is 0.462 e. The van der Waals surface area contributed by atoms with Crippen LogP contribution in [-0.4, -0.2) is 99.3 Å². The molecule has 0 fully saturated rings. The highest BCUT2D eigenvalue weighted by atomic mass is 31.2. The number of unbranched alkanes of at least 4 members (excludes halogenated alkanes) is 22. The van der Waals surface area contributed by atoms with E-state index in [0.29, 0.717) is 12.8 Å². The highest BCUT2D eigenvalue weighted by molar-refractivity contribution is 7.47. The summed E-state index contributed by atoms with van der Waals surface area (Å²) in [6.07, 6.45) is 18.9. The van der Waals surface area contributed by atoms with E-state index < -0.39 is 76.7 Å². The summed E-state index contributed by atoms with van der Waals surface area (Å²) in [5, 5.41) is 48.1. The lowest BCUT2D eigenvalue weighted by Gasteiger charge is -2.28. The molecule has 0 spiro atoms. The van der Waals surface area contributed by atoms with Crippen LogP contribution in [0.4, 0.5) is 0 Å². The lowest BCUT2D eigenvalue weighted by Crippen LogP contribution is -2.47. The highest BCUT2D eigenvalue weighted by Crippen LogP contribution is 2.45. The Morgan fingerprint density at radius 3 is 1.34 bits per heavy atom. The standard InChI is InChI=1S/C39H77O13P/c1-3-5-7-9-11-13-14-15-16-17-18-20-21-23-25-27-36(43)49-31-33(51-37(44)28-26-24-22-19-12-10-8-6-4-2)32-50-53(47,48)52-35(30-41)39(46)38(45)34(42)29-40/h33-35,38-42,45-46H,3-32H2,1-2H3,(H,47,48)/t33-,34-,35-,38-,39-/m1/s1. The van der Waals surface area contributed by atoms with Gasteiger partial charge in [0.25, 0.3) is 0 Å². The Balaban J connectivity index is 4.70. The number of ether oxygens (including phenoxy) is 2. The van der Waals surface area contributed by atoms with E-state index >= 15 is 0 Å². The average molecular weight is 785 g/mol. The molecule has 6 N–H and O–H groups in total. The molecule has 0 aromatic heterocycles. The number of aliphatic hydroxyl groups excluding tert-OH is 5. The summed E-state index contributed by atoms with van der Waals surface area (Å²) in [7, 11) is -5.04. The van der Waals surface area contributed by atoms with Crippen molar-refractivity contribution in [3.8, 4) is 0 Å². The molecule has 0 bridgehead atoms. The van der Waals surface area contributed by atoms with Crippen molar-refractivity contribution in [3.05, 3.63) is 0 Å². The van der Waals surface area contributed by atoms with E-state index in [2.05, 4.69) is 13.8 Å². The predicted molar refractivity (Wildman–Crippen MR) is 205 cm³/mol. The fraction of sp³-hybridized carbons (Fsp3) is 0.949. The van der Waals surface area contributed by atoms with Crippen molar-refractivity contribution in [2.24, 2.45) is 0 Å². The van der Waals surface area contributed by atoms with E-state index in [0.717, 1.165) is 44.9 Å². The molecule has 13 nitrogen and oxygen atoms in total. The van der Waals surface area contributed by atoms with E-state index in [1.54, 1.807) is 0 Å². The third kappa shape index (κ3) is 30.7. The molecule has 14 heteroatoms. The fourth-order valence-corrected chi connectivity index (χ4v) is 6.93. The van der Waals surface area contributed by atoms with Gasteiger partial charge in [0.1, 0.15) is 31.0 Å². The molecule has 0 aliphatic carbocycles. The quantitative estimate of drug-likeness (QED) is 0.0207. The maximum absolute atomic E-state index is 12.6. The minimum Gasteiger partial charge on any atom is -0.462 e. The first-order chi connectivity index (χ1) is 25.5. The molecular formula is C39H77O13P. The van der Waals surface area contributed by atoms with Crippen LogP contribution in [0.1, 0.15) is 181 Å². The van der Waals surface area contributed by atoms with Crippen LogP contribution in [0.3, 0.4) is 0 Å². The summed E-state index contributed by atoms with van der Waals surface area (Å²) in [6.45, 7) is 1.32. The maximum atomic E-state index is 12.6. The van der Waals surface area contributed by atoms with Crippen LogP contribution in [0.5, 0.6) is 0 Å². The molecule has 0 radical (unpaired) electrons. The minimum atomic E-state index is -5.04. The monoisotopic (exact) mass is 785 g/mol. The number of esters is 2. The zero-order chi connectivity index (χ0) is 39.6. The zero-order valence-corrected chi connectivity index (χ0v) is 34.0. The van der Waals surface area contributed by atoms with Gasteiger partial charge in [0.2, 0.25) is 0 Å². The van der Waals surface area contributed by atoms with Gasteiger partial charge >= 0.3 is 19.8 Å². The summed E-state index contributed by atoms with van der Waals surface area (Å²) < 4.78 is 33.2. The normalized spacial score (nSPS) is 15.7. The number of carbonyl (C=O) groups is 2. The van der Waals surface area contributed by atoms with Gasteiger partial charge in [0, 0.05) is 12.8 Å².